The smallest absolute Gasteiger partial charge is 0.335 e. The van der Waals surface area contributed by atoms with E-state index in [1.807, 2.05) is 6.92 Å². The molecule has 0 aromatic heterocycles. The first kappa shape index (κ1) is 13.7. The molecule has 2 N–H and O–H groups in total. The van der Waals surface area contributed by atoms with Gasteiger partial charge in [0.05, 0.1) is 10.5 Å². The standard InChI is InChI=1S/C11H15NO4S/c1-3-8(2)12-17(15,16)10-6-4-9(5-7-10)11(13)14/h4-8,12H,3H2,1-2H3,(H,13,14)/t8-/m0/s1. The second kappa shape index (κ2) is 5.29. The molecule has 0 unspecified atom stereocenters. The lowest BCUT2D eigenvalue weighted by Crippen LogP contribution is -2.31. The Morgan fingerprint density at radius 1 is 1.35 bits per heavy atom. The predicted molar refractivity (Wildman–Crippen MR) is 63.5 cm³/mol. The first-order valence-corrected chi connectivity index (χ1v) is 6.71. The molecule has 5 nitrogen and oxygen atoms in total. The molecule has 0 bridgehead atoms. The molecule has 94 valence electrons. The Balaban J connectivity index is 2.96. The molecule has 0 amide bonds. The van der Waals surface area contributed by atoms with Crippen molar-refractivity contribution in [2.75, 3.05) is 0 Å². The van der Waals surface area contributed by atoms with Crippen LogP contribution in [0.2, 0.25) is 0 Å². The molecule has 6 heteroatoms. The van der Waals surface area contributed by atoms with Gasteiger partial charge in [0.25, 0.3) is 0 Å². The number of carboxylic acids is 1. The van der Waals surface area contributed by atoms with E-state index in [1.165, 1.54) is 24.3 Å². The molecule has 0 spiro atoms. The Hall–Kier alpha value is -1.40. The van der Waals surface area contributed by atoms with E-state index in [-0.39, 0.29) is 16.5 Å². The van der Waals surface area contributed by atoms with Gasteiger partial charge < -0.3 is 5.11 Å². The van der Waals surface area contributed by atoms with Crippen molar-refractivity contribution < 1.29 is 18.3 Å². The van der Waals surface area contributed by atoms with Crippen LogP contribution in [0.25, 0.3) is 0 Å². The van der Waals surface area contributed by atoms with Gasteiger partial charge in [0.15, 0.2) is 0 Å². The number of rotatable bonds is 5. The summed E-state index contributed by atoms with van der Waals surface area (Å²) in [6, 6.07) is 4.96. The van der Waals surface area contributed by atoms with Crippen LogP contribution in [0.5, 0.6) is 0 Å². The molecule has 0 aliphatic rings. The van der Waals surface area contributed by atoms with Gasteiger partial charge in [0, 0.05) is 6.04 Å². The lowest BCUT2D eigenvalue weighted by atomic mass is 10.2. The minimum absolute atomic E-state index is 0.0625. The van der Waals surface area contributed by atoms with Crippen molar-refractivity contribution in [1.29, 1.82) is 0 Å². The van der Waals surface area contributed by atoms with Gasteiger partial charge in [-0.3, -0.25) is 0 Å². The highest BCUT2D eigenvalue weighted by molar-refractivity contribution is 7.89. The fourth-order valence-corrected chi connectivity index (χ4v) is 2.52. The van der Waals surface area contributed by atoms with Gasteiger partial charge in [-0.05, 0) is 37.6 Å². The molecule has 0 saturated carbocycles. The number of aromatic carboxylic acids is 1. The summed E-state index contributed by atoms with van der Waals surface area (Å²) in [6.45, 7) is 3.64. The second-order valence-electron chi connectivity index (χ2n) is 3.76. The Bertz CT molecular complexity index is 493. The summed E-state index contributed by atoms with van der Waals surface area (Å²) in [5, 5.41) is 8.70. The molecular weight excluding hydrogens is 242 g/mol. The first-order valence-electron chi connectivity index (χ1n) is 5.22. The zero-order chi connectivity index (χ0) is 13.1. The average molecular weight is 257 g/mol. The number of carbonyl (C=O) groups is 1. The van der Waals surface area contributed by atoms with Crippen LogP contribution in [0, 0.1) is 0 Å². The van der Waals surface area contributed by atoms with Crippen molar-refractivity contribution in [3.8, 4) is 0 Å². The van der Waals surface area contributed by atoms with Crippen molar-refractivity contribution >= 4 is 16.0 Å². The maximum absolute atomic E-state index is 11.8. The van der Waals surface area contributed by atoms with E-state index in [4.69, 9.17) is 5.11 Å². The fraction of sp³-hybridized carbons (Fsp3) is 0.364. The monoisotopic (exact) mass is 257 g/mol. The van der Waals surface area contributed by atoms with Crippen molar-refractivity contribution in [3.05, 3.63) is 29.8 Å². The Morgan fingerprint density at radius 2 is 1.88 bits per heavy atom. The van der Waals surface area contributed by atoms with Crippen molar-refractivity contribution in [1.82, 2.24) is 4.72 Å². The van der Waals surface area contributed by atoms with Crippen LogP contribution in [-0.2, 0) is 10.0 Å². The molecule has 1 rings (SSSR count). The lowest BCUT2D eigenvalue weighted by molar-refractivity contribution is 0.0696. The minimum Gasteiger partial charge on any atom is -0.478 e. The number of hydrogen-bond acceptors (Lipinski definition) is 3. The van der Waals surface area contributed by atoms with E-state index < -0.39 is 16.0 Å². The van der Waals surface area contributed by atoms with Crippen LogP contribution in [-0.4, -0.2) is 25.5 Å². The van der Waals surface area contributed by atoms with Crippen molar-refractivity contribution in [2.45, 2.75) is 31.2 Å². The molecular formula is C11H15NO4S. The molecule has 0 aliphatic heterocycles. The van der Waals surface area contributed by atoms with E-state index in [1.54, 1.807) is 6.92 Å². The maximum Gasteiger partial charge on any atom is 0.335 e. The number of nitrogens with one attached hydrogen (secondary N) is 1. The fourth-order valence-electron chi connectivity index (χ4n) is 1.19. The van der Waals surface area contributed by atoms with Crippen LogP contribution in [0.1, 0.15) is 30.6 Å². The van der Waals surface area contributed by atoms with Gasteiger partial charge in [-0.15, -0.1) is 0 Å². The summed E-state index contributed by atoms with van der Waals surface area (Å²) in [4.78, 5) is 10.7. The topological polar surface area (TPSA) is 83.5 Å². The number of sulfonamides is 1. The molecule has 0 heterocycles. The summed E-state index contributed by atoms with van der Waals surface area (Å²) in [5.74, 6) is -1.08. The summed E-state index contributed by atoms with van der Waals surface area (Å²) in [5.41, 5.74) is 0.0625. The van der Waals surface area contributed by atoms with E-state index in [0.29, 0.717) is 6.42 Å². The second-order valence-corrected chi connectivity index (χ2v) is 5.47. The molecule has 0 aliphatic carbocycles. The van der Waals surface area contributed by atoms with E-state index in [9.17, 15) is 13.2 Å². The highest BCUT2D eigenvalue weighted by Gasteiger charge is 2.16. The summed E-state index contributed by atoms with van der Waals surface area (Å²) >= 11 is 0. The highest BCUT2D eigenvalue weighted by atomic mass is 32.2. The highest BCUT2D eigenvalue weighted by Crippen LogP contribution is 2.11. The molecule has 1 aromatic rings. The van der Waals surface area contributed by atoms with Gasteiger partial charge in [0.2, 0.25) is 10.0 Å². The van der Waals surface area contributed by atoms with Gasteiger partial charge in [-0.1, -0.05) is 6.92 Å². The molecule has 17 heavy (non-hydrogen) atoms. The first-order chi connectivity index (χ1) is 7.86. The third kappa shape index (κ3) is 3.54. The zero-order valence-corrected chi connectivity index (χ0v) is 10.5. The quantitative estimate of drug-likeness (QED) is 0.836. The number of hydrogen-bond donors (Lipinski definition) is 2. The van der Waals surface area contributed by atoms with Crippen LogP contribution in [0.4, 0.5) is 0 Å². The van der Waals surface area contributed by atoms with Crippen LogP contribution in [0.15, 0.2) is 29.2 Å². The van der Waals surface area contributed by atoms with Crippen LogP contribution < -0.4 is 4.72 Å². The van der Waals surface area contributed by atoms with Crippen LogP contribution in [0.3, 0.4) is 0 Å². The zero-order valence-electron chi connectivity index (χ0n) is 9.67. The van der Waals surface area contributed by atoms with E-state index in [2.05, 4.69) is 4.72 Å². The van der Waals surface area contributed by atoms with E-state index in [0.717, 1.165) is 0 Å². The molecule has 0 fully saturated rings. The van der Waals surface area contributed by atoms with Gasteiger partial charge in [-0.2, -0.15) is 0 Å². The van der Waals surface area contributed by atoms with Crippen LogP contribution >= 0.6 is 0 Å². The number of benzene rings is 1. The van der Waals surface area contributed by atoms with Gasteiger partial charge >= 0.3 is 5.97 Å². The number of carboxylic acid groups (broad SMARTS) is 1. The third-order valence-electron chi connectivity index (χ3n) is 2.38. The third-order valence-corrected chi connectivity index (χ3v) is 3.99. The SMILES string of the molecule is CC[C@H](C)NS(=O)(=O)c1ccc(C(=O)O)cc1. The van der Waals surface area contributed by atoms with Gasteiger partial charge in [-0.25, -0.2) is 17.9 Å². The maximum atomic E-state index is 11.8. The van der Waals surface area contributed by atoms with E-state index >= 15 is 0 Å². The van der Waals surface area contributed by atoms with Gasteiger partial charge in [0.1, 0.15) is 0 Å². The summed E-state index contributed by atoms with van der Waals surface area (Å²) in [7, 11) is -3.56. The average Bonchev–Trinajstić information content (AvgIpc) is 2.28. The Labute approximate surface area is 101 Å². The van der Waals surface area contributed by atoms with Crippen molar-refractivity contribution in [3.63, 3.8) is 0 Å². The molecule has 1 aromatic carbocycles. The lowest BCUT2D eigenvalue weighted by Gasteiger charge is -2.11. The summed E-state index contributed by atoms with van der Waals surface area (Å²) < 4.78 is 26.1. The van der Waals surface area contributed by atoms with Crippen molar-refractivity contribution in [2.24, 2.45) is 0 Å². The Kier molecular flexibility index (Phi) is 4.25. The molecule has 0 radical (unpaired) electrons. The Morgan fingerprint density at radius 3 is 2.29 bits per heavy atom. The summed E-state index contributed by atoms with van der Waals surface area (Å²) in [6.07, 6.45) is 0.687. The predicted octanol–water partition coefficient (Wildman–Crippen LogP) is 1.46. The normalized spacial score (nSPS) is 13.3. The molecule has 0 saturated heterocycles. The molecule has 1 atom stereocenters. The minimum atomic E-state index is -3.56. The largest absolute Gasteiger partial charge is 0.478 e.